The Morgan fingerprint density at radius 2 is 1.84 bits per heavy atom. The van der Waals surface area contributed by atoms with E-state index >= 15 is 0 Å². The predicted molar refractivity (Wildman–Crippen MR) is 114 cm³/mol. The first-order valence-electron chi connectivity index (χ1n) is 9.91. The van der Waals surface area contributed by atoms with E-state index in [-0.39, 0.29) is 17.4 Å². The van der Waals surface area contributed by atoms with Crippen molar-refractivity contribution in [3.63, 3.8) is 0 Å². The lowest BCUT2D eigenvalue weighted by atomic mass is 10.2. The first kappa shape index (κ1) is 20.5. The van der Waals surface area contributed by atoms with Crippen molar-refractivity contribution in [1.29, 1.82) is 0 Å². The van der Waals surface area contributed by atoms with Crippen LogP contribution in [-0.4, -0.2) is 42.6 Å². The number of aryl methyl sites for hydroxylation is 2. The molecule has 158 valence electrons. The van der Waals surface area contributed by atoms with E-state index in [9.17, 15) is 9.18 Å². The van der Waals surface area contributed by atoms with E-state index in [1.807, 2.05) is 48.9 Å². The molecule has 4 aromatic rings. The highest BCUT2D eigenvalue weighted by Gasteiger charge is 2.17. The number of hydrogen-bond donors (Lipinski definition) is 0. The van der Waals surface area contributed by atoms with Crippen LogP contribution in [0.2, 0.25) is 0 Å². The van der Waals surface area contributed by atoms with Gasteiger partial charge in [0.25, 0.3) is 5.91 Å². The van der Waals surface area contributed by atoms with Crippen molar-refractivity contribution in [2.45, 2.75) is 26.9 Å². The maximum absolute atomic E-state index is 13.1. The van der Waals surface area contributed by atoms with Gasteiger partial charge in [0.15, 0.2) is 5.69 Å². The summed E-state index contributed by atoms with van der Waals surface area (Å²) in [6.45, 7) is 4.81. The van der Waals surface area contributed by atoms with Gasteiger partial charge in [0.2, 0.25) is 0 Å². The summed E-state index contributed by atoms with van der Waals surface area (Å²) in [4.78, 5) is 14.4. The van der Waals surface area contributed by atoms with Crippen molar-refractivity contribution in [1.82, 2.24) is 29.7 Å². The first-order valence-corrected chi connectivity index (χ1v) is 9.91. The molecule has 0 saturated carbocycles. The summed E-state index contributed by atoms with van der Waals surface area (Å²) in [5.74, 6) is -0.511. The van der Waals surface area contributed by atoms with Crippen LogP contribution in [0.5, 0.6) is 0 Å². The van der Waals surface area contributed by atoms with Crippen LogP contribution in [0.4, 0.5) is 4.39 Å². The molecule has 0 unspecified atom stereocenters. The third-order valence-corrected chi connectivity index (χ3v) is 4.95. The molecule has 31 heavy (non-hydrogen) atoms. The number of amides is 1. The third-order valence-electron chi connectivity index (χ3n) is 4.95. The molecule has 7 nitrogen and oxygen atoms in total. The zero-order chi connectivity index (χ0) is 22.0. The number of nitrogens with zero attached hydrogens (tertiary/aromatic N) is 6. The Kier molecular flexibility index (Phi) is 5.62. The highest BCUT2D eigenvalue weighted by molar-refractivity contribution is 5.91. The monoisotopic (exact) mass is 418 g/mol. The molecule has 0 radical (unpaired) electrons. The minimum Gasteiger partial charge on any atom is -0.336 e. The van der Waals surface area contributed by atoms with E-state index in [2.05, 4.69) is 15.4 Å². The molecule has 0 aliphatic rings. The lowest BCUT2D eigenvalue weighted by Gasteiger charge is -2.16. The van der Waals surface area contributed by atoms with Gasteiger partial charge in [0, 0.05) is 19.3 Å². The zero-order valence-corrected chi connectivity index (χ0v) is 17.7. The average Bonchev–Trinajstić information content (AvgIpc) is 3.35. The molecule has 0 N–H and O–H groups in total. The fourth-order valence-corrected chi connectivity index (χ4v) is 3.47. The molecule has 1 amide bonds. The van der Waals surface area contributed by atoms with E-state index in [0.29, 0.717) is 13.1 Å². The van der Waals surface area contributed by atoms with Gasteiger partial charge < -0.3 is 4.90 Å². The predicted octanol–water partition coefficient (Wildman–Crippen LogP) is 3.54. The Labute approximate surface area is 179 Å². The number of hydrogen-bond acceptors (Lipinski definition) is 4. The molecule has 2 heterocycles. The van der Waals surface area contributed by atoms with Crippen LogP contribution in [0, 0.1) is 19.7 Å². The van der Waals surface area contributed by atoms with Crippen LogP contribution >= 0.6 is 0 Å². The van der Waals surface area contributed by atoms with Crippen LogP contribution in [0.3, 0.4) is 0 Å². The molecule has 2 aromatic heterocycles. The average molecular weight is 418 g/mol. The largest absolute Gasteiger partial charge is 0.336 e. The van der Waals surface area contributed by atoms with Gasteiger partial charge in [-0.3, -0.25) is 4.79 Å². The molecule has 4 rings (SSSR count). The van der Waals surface area contributed by atoms with Crippen LogP contribution in [0.1, 0.15) is 33.0 Å². The molecular formula is C23H23FN6O. The maximum atomic E-state index is 13.1. The van der Waals surface area contributed by atoms with E-state index in [1.54, 1.807) is 35.0 Å². The Bertz CT molecular complexity index is 1210. The molecule has 2 aromatic carbocycles. The topological polar surface area (TPSA) is 68.8 Å². The summed E-state index contributed by atoms with van der Waals surface area (Å²) in [6.07, 6.45) is 1.61. The van der Waals surface area contributed by atoms with Crippen molar-refractivity contribution in [3.05, 3.63) is 94.8 Å². The molecule has 0 aliphatic heterocycles. The van der Waals surface area contributed by atoms with E-state index in [4.69, 9.17) is 0 Å². The van der Waals surface area contributed by atoms with Crippen molar-refractivity contribution in [2.24, 2.45) is 0 Å². The quantitative estimate of drug-likeness (QED) is 0.480. The molecule has 0 bridgehead atoms. The van der Waals surface area contributed by atoms with Gasteiger partial charge in [-0.2, -0.15) is 5.10 Å². The summed E-state index contributed by atoms with van der Waals surface area (Å²) in [5.41, 5.74) is 5.09. The van der Waals surface area contributed by atoms with Gasteiger partial charge in [0.1, 0.15) is 5.82 Å². The van der Waals surface area contributed by atoms with E-state index in [1.165, 1.54) is 12.1 Å². The summed E-state index contributed by atoms with van der Waals surface area (Å²) >= 11 is 0. The Balaban J connectivity index is 1.44. The molecule has 8 heteroatoms. The van der Waals surface area contributed by atoms with Gasteiger partial charge >= 0.3 is 0 Å². The minimum atomic E-state index is -0.290. The van der Waals surface area contributed by atoms with Gasteiger partial charge in [-0.05, 0) is 55.3 Å². The Morgan fingerprint density at radius 1 is 1.06 bits per heavy atom. The van der Waals surface area contributed by atoms with Crippen molar-refractivity contribution in [3.8, 4) is 5.69 Å². The number of halogens is 1. The first-order chi connectivity index (χ1) is 14.9. The second-order valence-corrected chi connectivity index (χ2v) is 7.60. The fraction of sp³-hybridized carbons (Fsp3) is 0.217. The van der Waals surface area contributed by atoms with E-state index < -0.39 is 0 Å². The number of rotatable bonds is 6. The zero-order valence-electron chi connectivity index (χ0n) is 17.7. The molecule has 0 fully saturated rings. The van der Waals surface area contributed by atoms with Crippen molar-refractivity contribution < 1.29 is 9.18 Å². The molecular weight excluding hydrogens is 395 g/mol. The standard InChI is InChI=1S/C23H23FN6O/c1-16-11-17(2)30(26-16)21-6-4-5-19(12-21)13-28(3)23(31)22-15-29(27-25-22)14-18-7-9-20(24)10-8-18/h4-12,15H,13-14H2,1-3H3. The summed E-state index contributed by atoms with van der Waals surface area (Å²) in [7, 11) is 1.73. The lowest BCUT2D eigenvalue weighted by molar-refractivity contribution is 0.0779. The minimum absolute atomic E-state index is 0.220. The second-order valence-electron chi connectivity index (χ2n) is 7.60. The summed E-state index contributed by atoms with van der Waals surface area (Å²) in [6, 6.07) is 16.1. The van der Waals surface area contributed by atoms with Crippen molar-refractivity contribution in [2.75, 3.05) is 7.05 Å². The fourth-order valence-electron chi connectivity index (χ4n) is 3.47. The number of aromatic nitrogens is 5. The van der Waals surface area contributed by atoms with Crippen LogP contribution < -0.4 is 0 Å². The van der Waals surface area contributed by atoms with Crippen molar-refractivity contribution >= 4 is 5.91 Å². The maximum Gasteiger partial charge on any atom is 0.276 e. The van der Waals surface area contributed by atoms with Gasteiger partial charge in [-0.25, -0.2) is 13.8 Å². The normalized spacial score (nSPS) is 11.0. The van der Waals surface area contributed by atoms with Gasteiger partial charge in [0.05, 0.1) is 24.1 Å². The molecule has 0 spiro atoms. The number of benzene rings is 2. The summed E-state index contributed by atoms with van der Waals surface area (Å²) in [5, 5.41) is 12.5. The lowest BCUT2D eigenvalue weighted by Crippen LogP contribution is -2.26. The van der Waals surface area contributed by atoms with Crippen LogP contribution in [0.25, 0.3) is 5.69 Å². The van der Waals surface area contributed by atoms with Crippen LogP contribution in [-0.2, 0) is 13.1 Å². The van der Waals surface area contributed by atoms with Crippen LogP contribution in [0.15, 0.2) is 60.8 Å². The molecule has 0 aliphatic carbocycles. The second kappa shape index (κ2) is 8.51. The van der Waals surface area contributed by atoms with Gasteiger partial charge in [-0.15, -0.1) is 5.10 Å². The molecule has 0 atom stereocenters. The highest BCUT2D eigenvalue weighted by atomic mass is 19.1. The SMILES string of the molecule is Cc1cc(C)n(-c2cccc(CN(C)C(=O)c3cn(Cc4ccc(F)cc4)nn3)c2)n1. The van der Waals surface area contributed by atoms with Gasteiger partial charge in [-0.1, -0.05) is 29.5 Å². The Hall–Kier alpha value is -3.81. The van der Waals surface area contributed by atoms with E-state index in [0.717, 1.165) is 28.2 Å². The number of carbonyl (C=O) groups excluding carboxylic acids is 1. The Morgan fingerprint density at radius 3 is 2.55 bits per heavy atom. The number of carbonyl (C=O) groups is 1. The highest BCUT2D eigenvalue weighted by Crippen LogP contribution is 2.15. The molecule has 0 saturated heterocycles. The smallest absolute Gasteiger partial charge is 0.276 e. The summed E-state index contributed by atoms with van der Waals surface area (Å²) < 4.78 is 16.5. The third kappa shape index (κ3) is 4.69.